The number of anilines is 1. The second-order valence-corrected chi connectivity index (χ2v) is 8.01. The maximum Gasteiger partial charge on any atom is 0.267 e. The number of benzene rings is 2. The molecule has 0 aliphatic rings. The third-order valence-corrected chi connectivity index (χ3v) is 5.52. The van der Waals surface area contributed by atoms with Crippen LogP contribution in [0.3, 0.4) is 0 Å². The third-order valence-electron chi connectivity index (χ3n) is 4.14. The van der Waals surface area contributed by atoms with Gasteiger partial charge in [0.25, 0.3) is 5.91 Å². The fourth-order valence-corrected chi connectivity index (χ4v) is 3.95. The maximum atomic E-state index is 12.8. The van der Waals surface area contributed by atoms with Crippen LogP contribution in [0.25, 0.3) is 0 Å². The van der Waals surface area contributed by atoms with E-state index in [9.17, 15) is 4.79 Å². The molecule has 1 heterocycles. The molecule has 0 bridgehead atoms. The number of thiazole rings is 1. The molecular formula is C21H21ClN2O2S. The number of nitrogens with zero attached hydrogens (tertiary/aromatic N) is 1. The minimum absolute atomic E-state index is 0.141. The van der Waals surface area contributed by atoms with E-state index in [0.717, 1.165) is 21.8 Å². The van der Waals surface area contributed by atoms with Gasteiger partial charge in [0.15, 0.2) is 0 Å². The summed E-state index contributed by atoms with van der Waals surface area (Å²) in [5.41, 5.74) is 4.84. The van der Waals surface area contributed by atoms with Crippen LogP contribution in [0.2, 0.25) is 5.02 Å². The van der Waals surface area contributed by atoms with Gasteiger partial charge in [-0.3, -0.25) is 4.79 Å². The van der Waals surface area contributed by atoms with Gasteiger partial charge in [-0.1, -0.05) is 29.3 Å². The lowest BCUT2D eigenvalue weighted by atomic mass is 10.1. The lowest BCUT2D eigenvalue weighted by Crippen LogP contribution is -2.13. The number of hydrogen-bond donors (Lipinski definition) is 1. The number of hydrogen-bond acceptors (Lipinski definition) is 4. The second-order valence-electron chi connectivity index (χ2n) is 6.49. The molecule has 1 amide bonds. The molecule has 4 nitrogen and oxygen atoms in total. The lowest BCUT2D eigenvalue weighted by molar-refractivity contribution is 0.102. The highest BCUT2D eigenvalue weighted by Crippen LogP contribution is 2.26. The van der Waals surface area contributed by atoms with Gasteiger partial charge in [-0.25, -0.2) is 4.98 Å². The van der Waals surface area contributed by atoms with Crippen LogP contribution < -0.4 is 10.1 Å². The molecule has 0 atom stereocenters. The minimum Gasteiger partial charge on any atom is -0.486 e. The maximum absolute atomic E-state index is 12.8. The first-order chi connectivity index (χ1) is 12.8. The van der Waals surface area contributed by atoms with Crippen LogP contribution in [-0.4, -0.2) is 10.9 Å². The standard InChI is InChI=1S/C21H21ClN2O2S/c1-12-9-13(2)19(14(3)10-12)24-21(25)20-15(4)23-18(27-20)11-26-17-7-5-16(22)6-8-17/h5-10H,11H2,1-4H3,(H,24,25). The number of aryl methyl sites for hydroxylation is 4. The number of nitrogens with one attached hydrogen (secondary N) is 1. The Bertz CT molecular complexity index is 957. The highest BCUT2D eigenvalue weighted by molar-refractivity contribution is 7.13. The predicted octanol–water partition coefficient (Wildman–Crippen LogP) is 5.86. The zero-order chi connectivity index (χ0) is 19.6. The van der Waals surface area contributed by atoms with Crippen molar-refractivity contribution < 1.29 is 9.53 Å². The van der Waals surface area contributed by atoms with E-state index in [2.05, 4.69) is 22.4 Å². The summed E-state index contributed by atoms with van der Waals surface area (Å²) in [5.74, 6) is 0.571. The highest BCUT2D eigenvalue weighted by Gasteiger charge is 2.17. The van der Waals surface area contributed by atoms with Crippen LogP contribution in [0.4, 0.5) is 5.69 Å². The fraction of sp³-hybridized carbons (Fsp3) is 0.238. The molecule has 0 spiro atoms. The van der Waals surface area contributed by atoms with Crippen molar-refractivity contribution in [1.29, 1.82) is 0 Å². The molecule has 140 valence electrons. The van der Waals surface area contributed by atoms with Crippen LogP contribution in [0, 0.1) is 27.7 Å². The topological polar surface area (TPSA) is 51.2 Å². The number of ether oxygens (including phenoxy) is 1. The first-order valence-corrected chi connectivity index (χ1v) is 9.77. The van der Waals surface area contributed by atoms with E-state index < -0.39 is 0 Å². The molecule has 0 fully saturated rings. The predicted molar refractivity (Wildman–Crippen MR) is 111 cm³/mol. The van der Waals surface area contributed by atoms with Gasteiger partial charge in [0.2, 0.25) is 0 Å². The molecule has 0 unspecified atom stereocenters. The van der Waals surface area contributed by atoms with Gasteiger partial charge >= 0.3 is 0 Å². The minimum atomic E-state index is -0.141. The quantitative estimate of drug-likeness (QED) is 0.583. The molecule has 6 heteroatoms. The Kier molecular flexibility index (Phi) is 5.82. The van der Waals surface area contributed by atoms with E-state index >= 15 is 0 Å². The summed E-state index contributed by atoms with van der Waals surface area (Å²) in [6.45, 7) is 8.20. The number of carbonyl (C=O) groups is 1. The summed E-state index contributed by atoms with van der Waals surface area (Å²) in [6, 6.07) is 11.3. The van der Waals surface area contributed by atoms with Gasteiger partial charge in [0.1, 0.15) is 22.2 Å². The second kappa shape index (κ2) is 8.11. The van der Waals surface area contributed by atoms with Crippen molar-refractivity contribution in [2.24, 2.45) is 0 Å². The van der Waals surface area contributed by atoms with Crippen LogP contribution in [0.5, 0.6) is 5.75 Å². The number of rotatable bonds is 5. The number of aromatic nitrogens is 1. The van der Waals surface area contributed by atoms with E-state index in [1.54, 1.807) is 24.3 Å². The Balaban J connectivity index is 1.72. The molecule has 2 aromatic carbocycles. The van der Waals surface area contributed by atoms with Crippen LogP contribution in [0.15, 0.2) is 36.4 Å². The molecular weight excluding hydrogens is 380 g/mol. The van der Waals surface area contributed by atoms with Crippen LogP contribution in [-0.2, 0) is 6.61 Å². The SMILES string of the molecule is Cc1cc(C)c(NC(=O)c2sc(COc3ccc(Cl)cc3)nc2C)c(C)c1. The summed E-state index contributed by atoms with van der Waals surface area (Å²) < 4.78 is 5.72. The van der Waals surface area contributed by atoms with E-state index in [-0.39, 0.29) is 5.91 Å². The van der Waals surface area contributed by atoms with Gasteiger partial charge in [-0.2, -0.15) is 0 Å². The van der Waals surface area contributed by atoms with Crippen molar-refractivity contribution in [2.75, 3.05) is 5.32 Å². The first-order valence-electron chi connectivity index (χ1n) is 8.57. The van der Waals surface area contributed by atoms with Crippen molar-refractivity contribution in [3.63, 3.8) is 0 Å². The van der Waals surface area contributed by atoms with Crippen molar-refractivity contribution >= 4 is 34.5 Å². The molecule has 3 rings (SSSR count). The van der Waals surface area contributed by atoms with E-state index in [1.165, 1.54) is 16.9 Å². The van der Waals surface area contributed by atoms with Gasteiger partial charge < -0.3 is 10.1 Å². The summed E-state index contributed by atoms with van der Waals surface area (Å²) >= 11 is 7.22. The monoisotopic (exact) mass is 400 g/mol. The molecule has 0 aliphatic heterocycles. The van der Waals surface area contributed by atoms with Crippen molar-refractivity contribution in [2.45, 2.75) is 34.3 Å². The lowest BCUT2D eigenvalue weighted by Gasteiger charge is -2.12. The van der Waals surface area contributed by atoms with Gasteiger partial charge in [-0.05, 0) is 63.1 Å². The molecule has 0 saturated heterocycles. The molecule has 27 heavy (non-hydrogen) atoms. The number of amides is 1. The fourth-order valence-electron chi connectivity index (χ4n) is 2.95. The van der Waals surface area contributed by atoms with Crippen LogP contribution >= 0.6 is 22.9 Å². The molecule has 1 aromatic heterocycles. The summed E-state index contributed by atoms with van der Waals surface area (Å²) in [6.07, 6.45) is 0. The first kappa shape index (κ1) is 19.4. The summed E-state index contributed by atoms with van der Waals surface area (Å²) in [5, 5.41) is 4.45. The van der Waals surface area contributed by atoms with Crippen molar-refractivity contribution in [1.82, 2.24) is 4.98 Å². The molecule has 3 aromatic rings. The van der Waals surface area contributed by atoms with E-state index in [1.807, 2.05) is 27.7 Å². The smallest absolute Gasteiger partial charge is 0.267 e. The van der Waals surface area contributed by atoms with Crippen LogP contribution in [0.1, 0.15) is 37.1 Å². The van der Waals surface area contributed by atoms with Gasteiger partial charge in [0.05, 0.1) is 5.69 Å². The van der Waals surface area contributed by atoms with Gasteiger partial charge in [0, 0.05) is 10.7 Å². The Hall–Kier alpha value is -2.37. The Labute approximate surface area is 168 Å². The largest absolute Gasteiger partial charge is 0.486 e. The zero-order valence-electron chi connectivity index (χ0n) is 15.7. The average Bonchev–Trinajstić information content (AvgIpc) is 2.98. The Morgan fingerprint density at radius 3 is 2.37 bits per heavy atom. The molecule has 1 N–H and O–H groups in total. The van der Waals surface area contributed by atoms with Gasteiger partial charge in [-0.15, -0.1) is 11.3 Å². The zero-order valence-corrected chi connectivity index (χ0v) is 17.3. The number of carbonyl (C=O) groups excluding carboxylic acids is 1. The van der Waals surface area contributed by atoms with Crippen molar-refractivity contribution in [3.05, 3.63) is 73.7 Å². The van der Waals surface area contributed by atoms with E-state index in [0.29, 0.717) is 28.0 Å². The number of halogens is 1. The molecule has 0 radical (unpaired) electrons. The highest BCUT2D eigenvalue weighted by atomic mass is 35.5. The van der Waals surface area contributed by atoms with E-state index in [4.69, 9.17) is 16.3 Å². The molecule has 0 aliphatic carbocycles. The normalized spacial score (nSPS) is 10.7. The van der Waals surface area contributed by atoms with Crippen molar-refractivity contribution in [3.8, 4) is 5.75 Å². The summed E-state index contributed by atoms with van der Waals surface area (Å²) in [4.78, 5) is 17.8. The summed E-state index contributed by atoms with van der Waals surface area (Å²) in [7, 11) is 0. The Morgan fingerprint density at radius 1 is 1.11 bits per heavy atom. The Morgan fingerprint density at radius 2 is 1.74 bits per heavy atom. The third kappa shape index (κ3) is 4.67. The average molecular weight is 401 g/mol. The molecule has 0 saturated carbocycles.